The van der Waals surface area contributed by atoms with Crippen molar-refractivity contribution in [2.24, 2.45) is 0 Å². The molecule has 1 N–H and O–H groups in total. The Morgan fingerprint density at radius 3 is 0.833 bits per heavy atom. The first kappa shape index (κ1) is 35.6. The highest BCUT2D eigenvalue weighted by molar-refractivity contribution is 5.78. The third-order valence-corrected chi connectivity index (χ3v) is 7.92. The molecule has 0 saturated carbocycles. The number of hydrogen-bond donors (Lipinski definition) is 1. The molecule has 2 nitrogen and oxygen atoms in total. The van der Waals surface area contributed by atoms with Gasteiger partial charge in [-0.3, -0.25) is 4.79 Å². The standard InChI is InChI=1S/C34H68O2/c1-2-3-4-5-6-7-8-9-10-11-12-13-14-15-16-17-18-19-20-21-22-23-24-25-26-27-28-29-31-34(36)32-30-33-35/h35H,2-33H2,1H3. The molecule has 0 fully saturated rings. The molecule has 0 radical (unpaired) electrons. The summed E-state index contributed by atoms with van der Waals surface area (Å²) in [4.78, 5) is 11.5. The molecule has 0 saturated heterocycles. The van der Waals surface area contributed by atoms with Gasteiger partial charge in [0.25, 0.3) is 0 Å². The summed E-state index contributed by atoms with van der Waals surface area (Å²) in [7, 11) is 0. The number of aliphatic hydroxyl groups is 1. The second-order valence-electron chi connectivity index (χ2n) is 11.7. The van der Waals surface area contributed by atoms with Crippen LogP contribution in [-0.4, -0.2) is 17.5 Å². The van der Waals surface area contributed by atoms with Gasteiger partial charge in [0.2, 0.25) is 0 Å². The maximum atomic E-state index is 11.5. The third-order valence-electron chi connectivity index (χ3n) is 7.92. The highest BCUT2D eigenvalue weighted by atomic mass is 16.3. The van der Waals surface area contributed by atoms with E-state index in [2.05, 4.69) is 6.92 Å². The Balaban J connectivity index is 3.05. The van der Waals surface area contributed by atoms with Gasteiger partial charge >= 0.3 is 0 Å². The van der Waals surface area contributed by atoms with Crippen LogP contribution in [0.25, 0.3) is 0 Å². The highest BCUT2D eigenvalue weighted by Crippen LogP contribution is 2.16. The van der Waals surface area contributed by atoms with Gasteiger partial charge in [-0.2, -0.15) is 0 Å². The van der Waals surface area contributed by atoms with Crippen molar-refractivity contribution in [3.63, 3.8) is 0 Å². The van der Waals surface area contributed by atoms with E-state index in [0.29, 0.717) is 18.6 Å². The van der Waals surface area contributed by atoms with Crippen LogP contribution < -0.4 is 0 Å². The number of rotatable bonds is 32. The number of Topliss-reactive ketones (excluding diaryl/α,β-unsaturated/α-hetero) is 1. The van der Waals surface area contributed by atoms with Crippen LogP contribution >= 0.6 is 0 Å². The van der Waals surface area contributed by atoms with Gasteiger partial charge in [-0.25, -0.2) is 0 Å². The molecule has 0 aromatic carbocycles. The number of carbonyl (C=O) groups excluding carboxylic acids is 1. The smallest absolute Gasteiger partial charge is 0.132 e. The summed E-state index contributed by atoms with van der Waals surface area (Å²) in [6.45, 7) is 2.44. The fourth-order valence-electron chi connectivity index (χ4n) is 5.39. The minimum absolute atomic E-state index is 0.144. The fourth-order valence-corrected chi connectivity index (χ4v) is 5.39. The molecule has 0 unspecified atom stereocenters. The van der Waals surface area contributed by atoms with E-state index in [1.54, 1.807) is 0 Å². The SMILES string of the molecule is CCCCCCCCCCCCCCCCCCCCCCCCCCCCCCC(=O)CCCO. The molecule has 0 aromatic heterocycles. The third kappa shape index (κ3) is 31.7. The molecule has 0 aliphatic carbocycles. The minimum atomic E-state index is 0.144. The van der Waals surface area contributed by atoms with Crippen LogP contribution in [0.2, 0.25) is 0 Å². The molecule has 0 aromatic rings. The zero-order valence-electron chi connectivity index (χ0n) is 25.0. The molecule has 0 atom stereocenters. The molecule has 0 heterocycles. The molecule has 36 heavy (non-hydrogen) atoms. The van der Waals surface area contributed by atoms with Gasteiger partial charge < -0.3 is 5.11 Å². The van der Waals surface area contributed by atoms with E-state index in [1.807, 2.05) is 0 Å². The van der Waals surface area contributed by atoms with Crippen molar-refractivity contribution >= 4 is 5.78 Å². The van der Waals surface area contributed by atoms with Crippen molar-refractivity contribution in [3.8, 4) is 0 Å². The lowest BCUT2D eigenvalue weighted by molar-refractivity contribution is -0.119. The van der Waals surface area contributed by atoms with Gasteiger partial charge in [0, 0.05) is 19.4 Å². The molecule has 0 bridgehead atoms. The topological polar surface area (TPSA) is 37.3 Å². The van der Waals surface area contributed by atoms with Crippen LogP contribution in [0.1, 0.15) is 206 Å². The van der Waals surface area contributed by atoms with Crippen LogP contribution in [0.4, 0.5) is 0 Å². The monoisotopic (exact) mass is 509 g/mol. The summed E-state index contributed by atoms with van der Waals surface area (Å²) in [6.07, 6.45) is 41.6. The molecule has 216 valence electrons. The highest BCUT2D eigenvalue weighted by Gasteiger charge is 2.01. The molecule has 0 spiro atoms. The summed E-state index contributed by atoms with van der Waals surface area (Å²) in [5.74, 6) is 0.332. The number of hydrogen-bond acceptors (Lipinski definition) is 2. The predicted octanol–water partition coefficient (Wildman–Crippen LogP) is 11.7. The average molecular weight is 509 g/mol. The van der Waals surface area contributed by atoms with Crippen molar-refractivity contribution in [1.29, 1.82) is 0 Å². The molecule has 0 rings (SSSR count). The number of ketones is 1. The largest absolute Gasteiger partial charge is 0.396 e. The average Bonchev–Trinajstić information content (AvgIpc) is 2.89. The summed E-state index contributed by atoms with van der Waals surface area (Å²) >= 11 is 0. The Labute approximate surface area is 228 Å². The van der Waals surface area contributed by atoms with Crippen molar-refractivity contribution in [1.82, 2.24) is 0 Å². The Hall–Kier alpha value is -0.370. The minimum Gasteiger partial charge on any atom is -0.396 e. The first-order chi connectivity index (χ1) is 17.8. The van der Waals surface area contributed by atoms with Gasteiger partial charge in [-0.1, -0.05) is 180 Å². The lowest BCUT2D eigenvalue weighted by Crippen LogP contribution is -1.99. The van der Waals surface area contributed by atoms with E-state index >= 15 is 0 Å². The lowest BCUT2D eigenvalue weighted by atomic mass is 10.0. The number of aliphatic hydroxyl groups excluding tert-OH is 1. The van der Waals surface area contributed by atoms with Crippen LogP contribution in [0.3, 0.4) is 0 Å². The first-order valence-electron chi connectivity index (χ1n) is 16.9. The lowest BCUT2D eigenvalue weighted by Gasteiger charge is -2.04. The van der Waals surface area contributed by atoms with E-state index in [4.69, 9.17) is 5.11 Å². The second kappa shape index (κ2) is 32.7. The molecule has 0 amide bonds. The van der Waals surface area contributed by atoms with E-state index in [0.717, 1.165) is 12.8 Å². The second-order valence-corrected chi connectivity index (χ2v) is 11.7. The van der Waals surface area contributed by atoms with Crippen LogP contribution in [0.15, 0.2) is 0 Å². The van der Waals surface area contributed by atoms with E-state index < -0.39 is 0 Å². The van der Waals surface area contributed by atoms with E-state index in [-0.39, 0.29) is 6.61 Å². The van der Waals surface area contributed by atoms with Crippen molar-refractivity contribution in [2.75, 3.05) is 6.61 Å². The summed E-state index contributed by atoms with van der Waals surface area (Å²) < 4.78 is 0. The van der Waals surface area contributed by atoms with Gasteiger partial charge in [0.05, 0.1) is 0 Å². The number of carbonyl (C=O) groups is 1. The van der Waals surface area contributed by atoms with E-state index in [9.17, 15) is 4.79 Å². The molecule has 2 heteroatoms. The van der Waals surface area contributed by atoms with Crippen molar-refractivity contribution in [3.05, 3.63) is 0 Å². The maximum absolute atomic E-state index is 11.5. The van der Waals surface area contributed by atoms with Crippen LogP contribution in [0, 0.1) is 0 Å². The fraction of sp³-hybridized carbons (Fsp3) is 0.971. The number of unbranched alkanes of at least 4 members (excludes halogenated alkanes) is 27. The molecular weight excluding hydrogens is 440 g/mol. The van der Waals surface area contributed by atoms with Crippen LogP contribution in [0.5, 0.6) is 0 Å². The molecular formula is C34H68O2. The zero-order chi connectivity index (χ0) is 26.2. The Kier molecular flexibility index (Phi) is 32.3. The first-order valence-corrected chi connectivity index (χ1v) is 16.9. The van der Waals surface area contributed by atoms with Gasteiger partial charge in [0.1, 0.15) is 5.78 Å². The molecule has 0 aliphatic rings. The summed E-state index contributed by atoms with van der Waals surface area (Å²) in [5, 5.41) is 8.74. The van der Waals surface area contributed by atoms with Crippen molar-refractivity contribution in [2.45, 2.75) is 206 Å². The summed E-state index contributed by atoms with van der Waals surface area (Å²) in [6, 6.07) is 0. The Morgan fingerprint density at radius 1 is 0.361 bits per heavy atom. The van der Waals surface area contributed by atoms with Gasteiger partial charge in [-0.15, -0.1) is 0 Å². The van der Waals surface area contributed by atoms with Crippen LogP contribution in [-0.2, 0) is 4.79 Å². The predicted molar refractivity (Wildman–Crippen MR) is 161 cm³/mol. The maximum Gasteiger partial charge on any atom is 0.132 e. The normalized spacial score (nSPS) is 11.4. The van der Waals surface area contributed by atoms with Gasteiger partial charge in [0.15, 0.2) is 0 Å². The molecule has 0 aliphatic heterocycles. The zero-order valence-corrected chi connectivity index (χ0v) is 25.0. The summed E-state index contributed by atoms with van der Waals surface area (Å²) in [5.41, 5.74) is 0. The Morgan fingerprint density at radius 2 is 0.583 bits per heavy atom. The van der Waals surface area contributed by atoms with Gasteiger partial charge in [-0.05, 0) is 12.8 Å². The quantitative estimate of drug-likeness (QED) is 0.0917. The Bertz CT molecular complexity index is 406. The van der Waals surface area contributed by atoms with E-state index in [1.165, 1.54) is 173 Å². The van der Waals surface area contributed by atoms with Crippen molar-refractivity contribution < 1.29 is 9.90 Å².